The SMILES string of the molecule is CC1(C)c2cc(C=Cc3ccc4c(c3)C(C)(C)c3cc(B(c5ccccc5)c5cccc(-c6cccc(B(c7ccccc7)c7ccc(C=Cc8ccc9c(c8)C(C)(C)c8cc(B(c%10ccccc%10)c%10ccc%11ccccc%11c%10)ccc8-9)cc7)c6)c5)ccc3-4)ccc2-c2ccc(B(c3ccccc3)c3ccccc3)cc21. The summed E-state index contributed by atoms with van der Waals surface area (Å²) in [5.41, 5.74) is 38.3. The third-order valence-corrected chi connectivity index (χ3v) is 24.9. The van der Waals surface area contributed by atoms with Gasteiger partial charge >= 0.3 is 0 Å². The molecular formula is C107H84B4. The van der Waals surface area contributed by atoms with Crippen molar-refractivity contribution in [1.29, 1.82) is 0 Å². The summed E-state index contributed by atoms with van der Waals surface area (Å²) in [6, 6.07) is 142. The van der Waals surface area contributed by atoms with E-state index in [0.29, 0.717) is 0 Å². The third-order valence-electron chi connectivity index (χ3n) is 24.9. The highest BCUT2D eigenvalue weighted by atomic mass is 14.4. The van der Waals surface area contributed by atoms with Crippen LogP contribution in [0.15, 0.2) is 376 Å². The van der Waals surface area contributed by atoms with Gasteiger partial charge in [0.1, 0.15) is 0 Å². The molecular weight excluding hydrogens is 1330 g/mol. The number of rotatable bonds is 17. The normalized spacial score (nSPS) is 13.6. The summed E-state index contributed by atoms with van der Waals surface area (Å²) in [5.74, 6) is 0. The lowest BCUT2D eigenvalue weighted by Crippen LogP contribution is -2.52. The zero-order valence-corrected chi connectivity index (χ0v) is 63.9. The second kappa shape index (κ2) is 28.2. The number of benzene rings is 16. The van der Waals surface area contributed by atoms with E-state index in [-0.39, 0.29) is 43.1 Å². The van der Waals surface area contributed by atoms with Gasteiger partial charge in [0.15, 0.2) is 0 Å². The molecule has 0 saturated carbocycles. The summed E-state index contributed by atoms with van der Waals surface area (Å²) < 4.78 is 0. The topological polar surface area (TPSA) is 0 Å². The van der Waals surface area contributed by atoms with Crippen molar-refractivity contribution < 1.29 is 0 Å². The van der Waals surface area contributed by atoms with Crippen LogP contribution in [0.2, 0.25) is 0 Å². The predicted molar refractivity (Wildman–Crippen MR) is 483 cm³/mol. The van der Waals surface area contributed by atoms with Crippen molar-refractivity contribution in [2.45, 2.75) is 57.8 Å². The summed E-state index contributed by atoms with van der Waals surface area (Å²) in [6.45, 7) is 14.7. The fourth-order valence-electron chi connectivity index (χ4n) is 19.1. The molecule has 0 saturated heterocycles. The van der Waals surface area contributed by atoms with E-state index < -0.39 is 0 Å². The van der Waals surface area contributed by atoms with Gasteiger partial charge in [-0.15, -0.1) is 0 Å². The van der Waals surface area contributed by atoms with E-state index in [2.05, 4.69) is 442 Å². The molecule has 3 aliphatic rings. The number of hydrogen-bond donors (Lipinski definition) is 0. The Balaban J connectivity index is 0.567. The van der Waals surface area contributed by atoms with E-state index in [1.165, 1.54) is 176 Å². The monoisotopic (exact) mass is 1410 g/mol. The van der Waals surface area contributed by atoms with Gasteiger partial charge in [-0.3, -0.25) is 0 Å². The molecule has 0 N–H and O–H groups in total. The van der Waals surface area contributed by atoms with Crippen molar-refractivity contribution in [3.05, 3.63) is 432 Å². The Morgan fingerprint density at radius 3 is 0.757 bits per heavy atom. The second-order valence-corrected chi connectivity index (χ2v) is 32.7. The smallest absolute Gasteiger partial charge is 0.0687 e. The molecule has 0 aromatic heterocycles. The average molecular weight is 1410 g/mol. The van der Waals surface area contributed by atoms with Crippen LogP contribution < -0.4 is 65.6 Å². The van der Waals surface area contributed by atoms with Crippen LogP contribution in [0.25, 0.3) is 79.6 Å². The summed E-state index contributed by atoms with van der Waals surface area (Å²) in [6.07, 6.45) is 9.19. The Labute approximate surface area is 657 Å². The van der Waals surface area contributed by atoms with E-state index in [0.717, 1.165) is 0 Å². The quantitative estimate of drug-likeness (QED) is 0.0630. The number of hydrogen-bond acceptors (Lipinski definition) is 0. The van der Waals surface area contributed by atoms with Crippen LogP contribution in [0.3, 0.4) is 0 Å². The fourth-order valence-corrected chi connectivity index (χ4v) is 19.1. The van der Waals surface area contributed by atoms with Crippen LogP contribution in [-0.4, -0.2) is 26.9 Å². The Bertz CT molecular complexity index is 6250. The van der Waals surface area contributed by atoms with E-state index in [4.69, 9.17) is 0 Å². The van der Waals surface area contributed by atoms with Gasteiger partial charge in [-0.2, -0.15) is 0 Å². The van der Waals surface area contributed by atoms with Crippen molar-refractivity contribution in [2.24, 2.45) is 0 Å². The lowest BCUT2D eigenvalue weighted by atomic mass is 9.36. The first-order valence-corrected chi connectivity index (χ1v) is 39.5. The van der Waals surface area contributed by atoms with Gasteiger partial charge in [-0.25, -0.2) is 0 Å². The first-order chi connectivity index (χ1) is 54.3. The van der Waals surface area contributed by atoms with Crippen molar-refractivity contribution in [2.75, 3.05) is 0 Å². The molecule has 4 heteroatoms. The Hall–Kier alpha value is -12.5. The van der Waals surface area contributed by atoms with E-state index in [1.54, 1.807) is 0 Å². The molecule has 0 aliphatic heterocycles. The molecule has 0 atom stereocenters. The van der Waals surface area contributed by atoms with Crippen LogP contribution in [0, 0.1) is 0 Å². The van der Waals surface area contributed by atoms with Gasteiger partial charge in [0.2, 0.25) is 26.9 Å². The third kappa shape index (κ3) is 12.6. The molecule has 3 aliphatic carbocycles. The highest BCUT2D eigenvalue weighted by Gasteiger charge is 2.41. The van der Waals surface area contributed by atoms with Crippen molar-refractivity contribution in [3.63, 3.8) is 0 Å². The van der Waals surface area contributed by atoms with E-state index in [9.17, 15) is 0 Å². The first-order valence-electron chi connectivity index (χ1n) is 39.5. The molecule has 0 fully saturated rings. The largest absolute Gasteiger partial charge is 0.241 e. The minimum absolute atomic E-state index is 0.0106. The summed E-state index contributed by atoms with van der Waals surface area (Å²) in [5, 5.41) is 2.53. The molecule has 0 amide bonds. The number of fused-ring (bicyclic) bond motifs is 10. The average Bonchev–Trinajstić information content (AvgIpc) is 1.59. The van der Waals surface area contributed by atoms with E-state index in [1.807, 2.05) is 0 Å². The zero-order chi connectivity index (χ0) is 75.0. The van der Waals surface area contributed by atoms with Gasteiger partial charge in [-0.1, -0.05) is 508 Å². The van der Waals surface area contributed by atoms with Crippen molar-refractivity contribution in [1.82, 2.24) is 0 Å². The molecule has 16 aromatic carbocycles. The van der Waals surface area contributed by atoms with Crippen LogP contribution in [0.5, 0.6) is 0 Å². The molecule has 16 aromatic rings. The summed E-state index contributed by atoms with van der Waals surface area (Å²) in [7, 11) is 0. The van der Waals surface area contributed by atoms with Gasteiger partial charge < -0.3 is 0 Å². The van der Waals surface area contributed by atoms with Crippen LogP contribution in [0.4, 0.5) is 0 Å². The fraction of sp³-hybridized carbons (Fsp3) is 0.0841. The molecule has 0 bridgehead atoms. The molecule has 0 spiro atoms. The maximum atomic E-state index is 2.52. The minimum Gasteiger partial charge on any atom is -0.0687 e. The Morgan fingerprint density at radius 1 is 0.171 bits per heavy atom. The van der Waals surface area contributed by atoms with Gasteiger partial charge in [0.05, 0.1) is 0 Å². The minimum atomic E-state index is -0.224. The van der Waals surface area contributed by atoms with Crippen LogP contribution >= 0.6 is 0 Å². The maximum absolute atomic E-state index is 2.52. The van der Waals surface area contributed by atoms with Gasteiger partial charge in [0.25, 0.3) is 0 Å². The first kappa shape index (κ1) is 69.0. The molecule has 0 nitrogen and oxygen atoms in total. The molecule has 0 heterocycles. The predicted octanol–water partition coefficient (Wildman–Crippen LogP) is 17.8. The standard InChI is InChI=1S/C107H84B4/c1-105(2)100-65-75(49-59-94(100)96-61-55-90(70-102(96)105)108(81-30-12-7-13-31-81)82-32-14-8-15-33-82)44-45-76-50-60-95-97-62-56-91(71-103(97)107(5,6)101(95)66-76)110(84-36-18-10-19-37-84)88-41-25-29-80(69-88)79-28-24-40-87(68-79)109(83-34-16-9-17-35-83)86-52-46-73(47-53-86)42-43-74-48-58-93-98-63-57-92(72-104(98)106(3,4)99(93)64-74)111(85-38-20-11-21-39-85)89-54-51-77-26-22-23-27-78(77)67-89/h7-72H,1-6H3. The molecule has 524 valence electrons. The lowest BCUT2D eigenvalue weighted by molar-refractivity contribution is 0.660. The second-order valence-electron chi connectivity index (χ2n) is 32.7. The highest BCUT2D eigenvalue weighted by molar-refractivity contribution is 6.97. The molecule has 19 rings (SSSR count). The maximum Gasteiger partial charge on any atom is 0.241 e. The molecule has 111 heavy (non-hydrogen) atoms. The van der Waals surface area contributed by atoms with E-state index >= 15 is 0 Å². The highest BCUT2D eigenvalue weighted by Crippen LogP contribution is 2.52. The lowest BCUT2D eigenvalue weighted by Gasteiger charge is -2.24. The van der Waals surface area contributed by atoms with Crippen LogP contribution in [-0.2, 0) is 16.2 Å². The molecule has 0 radical (unpaired) electrons. The van der Waals surface area contributed by atoms with Crippen molar-refractivity contribution in [3.8, 4) is 44.5 Å². The van der Waals surface area contributed by atoms with Crippen LogP contribution in [0.1, 0.15) is 97.2 Å². The Morgan fingerprint density at radius 2 is 0.405 bits per heavy atom. The summed E-state index contributed by atoms with van der Waals surface area (Å²) >= 11 is 0. The Kier molecular flexibility index (Phi) is 17.5. The van der Waals surface area contributed by atoms with Gasteiger partial charge in [0, 0.05) is 16.2 Å². The zero-order valence-electron chi connectivity index (χ0n) is 63.9. The summed E-state index contributed by atoms with van der Waals surface area (Å²) in [4.78, 5) is 0. The molecule has 0 unspecified atom stereocenters. The van der Waals surface area contributed by atoms with Gasteiger partial charge in [-0.05, 0) is 111 Å². The van der Waals surface area contributed by atoms with Crippen molar-refractivity contribution >= 4 is 127 Å².